The van der Waals surface area contributed by atoms with Gasteiger partial charge in [0.2, 0.25) is 5.91 Å². The largest absolute Gasteiger partial charge is 0.493 e. The molecule has 0 radical (unpaired) electrons. The number of aryl methyl sites for hydroxylation is 1. The van der Waals surface area contributed by atoms with Gasteiger partial charge in [0, 0.05) is 6.54 Å². The zero-order valence-corrected chi connectivity index (χ0v) is 16.9. The number of carbonyl (C=O) groups excluding carboxylic acids is 1. The van der Waals surface area contributed by atoms with Gasteiger partial charge in [0.05, 0.1) is 32.5 Å². The van der Waals surface area contributed by atoms with E-state index in [0.29, 0.717) is 30.2 Å². The Balaban J connectivity index is 1.54. The number of anilines is 2. The number of nitrogens with zero attached hydrogens (tertiary/aromatic N) is 1. The van der Waals surface area contributed by atoms with Crippen LogP contribution in [0.4, 0.5) is 11.5 Å². The molecule has 6 nitrogen and oxygen atoms in total. The van der Waals surface area contributed by atoms with Crippen molar-refractivity contribution in [1.82, 2.24) is 4.98 Å². The fraction of sp³-hybridized carbons (Fsp3) is 0.217. The van der Waals surface area contributed by atoms with Crippen molar-refractivity contribution in [3.63, 3.8) is 0 Å². The number of methoxy groups -OCH3 is 2. The molecule has 0 aliphatic carbocycles. The Hall–Kier alpha value is -3.54. The highest BCUT2D eigenvalue weighted by Gasteiger charge is 2.06. The standard InChI is InChI=1S/C23H25N3O3/c1-16-5-4-6-17(11-16)13-23(27)26-19-8-10-22(25-15-19)24-14-18-7-9-20(28-2)21(12-18)29-3/h4-12,15H,13-14H2,1-3H3,(H,24,25)(H,26,27). The molecule has 0 saturated carbocycles. The van der Waals surface area contributed by atoms with Gasteiger partial charge in [-0.3, -0.25) is 4.79 Å². The number of carbonyl (C=O) groups is 1. The number of benzene rings is 2. The molecular weight excluding hydrogens is 366 g/mol. The zero-order valence-electron chi connectivity index (χ0n) is 16.9. The molecule has 3 aromatic rings. The maximum absolute atomic E-state index is 12.2. The number of nitrogens with one attached hydrogen (secondary N) is 2. The van der Waals surface area contributed by atoms with Gasteiger partial charge in [0.25, 0.3) is 0 Å². The smallest absolute Gasteiger partial charge is 0.228 e. The van der Waals surface area contributed by atoms with Gasteiger partial charge in [-0.25, -0.2) is 4.98 Å². The summed E-state index contributed by atoms with van der Waals surface area (Å²) in [5.74, 6) is 2.03. The van der Waals surface area contributed by atoms with Gasteiger partial charge in [0.1, 0.15) is 5.82 Å². The molecule has 2 N–H and O–H groups in total. The first-order valence-corrected chi connectivity index (χ1v) is 9.33. The molecule has 150 valence electrons. The van der Waals surface area contributed by atoms with Crippen LogP contribution in [0.25, 0.3) is 0 Å². The zero-order chi connectivity index (χ0) is 20.6. The van der Waals surface area contributed by atoms with Gasteiger partial charge in [-0.15, -0.1) is 0 Å². The minimum atomic E-state index is -0.0663. The second kappa shape index (κ2) is 9.59. The molecule has 1 heterocycles. The summed E-state index contributed by atoms with van der Waals surface area (Å²) in [4.78, 5) is 16.6. The molecule has 0 spiro atoms. The van der Waals surface area contributed by atoms with Gasteiger partial charge < -0.3 is 20.1 Å². The van der Waals surface area contributed by atoms with Gasteiger partial charge in [-0.2, -0.15) is 0 Å². The average molecular weight is 391 g/mol. The summed E-state index contributed by atoms with van der Waals surface area (Å²) in [5.41, 5.74) is 3.84. The van der Waals surface area contributed by atoms with Crippen molar-refractivity contribution >= 4 is 17.4 Å². The van der Waals surface area contributed by atoms with Crippen LogP contribution >= 0.6 is 0 Å². The quantitative estimate of drug-likeness (QED) is 0.602. The molecule has 0 fully saturated rings. The van der Waals surface area contributed by atoms with E-state index in [-0.39, 0.29) is 5.91 Å². The second-order valence-corrected chi connectivity index (χ2v) is 6.69. The Morgan fingerprint density at radius 3 is 2.48 bits per heavy atom. The monoisotopic (exact) mass is 391 g/mol. The first kappa shape index (κ1) is 20.2. The minimum Gasteiger partial charge on any atom is -0.493 e. The highest BCUT2D eigenvalue weighted by Crippen LogP contribution is 2.27. The van der Waals surface area contributed by atoms with E-state index in [1.54, 1.807) is 20.4 Å². The highest BCUT2D eigenvalue weighted by atomic mass is 16.5. The van der Waals surface area contributed by atoms with Crippen LogP contribution in [0.3, 0.4) is 0 Å². The number of hydrogen-bond acceptors (Lipinski definition) is 5. The van der Waals surface area contributed by atoms with Crippen molar-refractivity contribution in [3.05, 3.63) is 77.5 Å². The summed E-state index contributed by atoms with van der Waals surface area (Å²) in [6.07, 6.45) is 1.98. The van der Waals surface area contributed by atoms with E-state index in [0.717, 1.165) is 22.5 Å². The molecule has 0 aliphatic heterocycles. The maximum atomic E-state index is 12.2. The van der Waals surface area contributed by atoms with E-state index < -0.39 is 0 Å². The fourth-order valence-corrected chi connectivity index (χ4v) is 2.97. The molecule has 0 aliphatic rings. The van der Waals surface area contributed by atoms with Gasteiger partial charge in [-0.05, 0) is 42.3 Å². The lowest BCUT2D eigenvalue weighted by molar-refractivity contribution is -0.115. The Kier molecular flexibility index (Phi) is 6.68. The van der Waals surface area contributed by atoms with E-state index in [9.17, 15) is 4.79 Å². The lowest BCUT2D eigenvalue weighted by Crippen LogP contribution is -2.14. The summed E-state index contributed by atoms with van der Waals surface area (Å²) >= 11 is 0. The summed E-state index contributed by atoms with van der Waals surface area (Å²) < 4.78 is 10.6. The predicted octanol–water partition coefficient (Wildman–Crippen LogP) is 4.20. The summed E-state index contributed by atoms with van der Waals surface area (Å²) in [6.45, 7) is 2.60. The minimum absolute atomic E-state index is 0.0663. The first-order valence-electron chi connectivity index (χ1n) is 9.33. The van der Waals surface area contributed by atoms with Gasteiger partial charge in [0.15, 0.2) is 11.5 Å². The molecule has 0 atom stereocenters. The second-order valence-electron chi connectivity index (χ2n) is 6.69. The topological polar surface area (TPSA) is 72.5 Å². The Bertz CT molecular complexity index is 971. The number of rotatable bonds is 8. The number of hydrogen-bond donors (Lipinski definition) is 2. The summed E-state index contributed by atoms with van der Waals surface area (Å²) in [6, 6.07) is 17.4. The SMILES string of the molecule is COc1ccc(CNc2ccc(NC(=O)Cc3cccc(C)c3)cn2)cc1OC. The first-order chi connectivity index (χ1) is 14.1. The average Bonchev–Trinajstić information content (AvgIpc) is 2.73. The Labute approximate surface area is 170 Å². The van der Waals surface area contributed by atoms with Crippen LogP contribution in [-0.4, -0.2) is 25.1 Å². The molecule has 0 unspecified atom stereocenters. The van der Waals surface area contributed by atoms with Crippen LogP contribution in [0.1, 0.15) is 16.7 Å². The number of aromatic nitrogens is 1. The maximum Gasteiger partial charge on any atom is 0.228 e. The van der Waals surface area contributed by atoms with Crippen molar-refractivity contribution in [2.75, 3.05) is 24.9 Å². The Morgan fingerprint density at radius 2 is 1.79 bits per heavy atom. The van der Waals surface area contributed by atoms with Crippen LogP contribution in [0.15, 0.2) is 60.8 Å². The summed E-state index contributed by atoms with van der Waals surface area (Å²) in [7, 11) is 3.23. The van der Waals surface area contributed by atoms with Crippen molar-refractivity contribution in [2.45, 2.75) is 19.9 Å². The molecule has 0 saturated heterocycles. The normalized spacial score (nSPS) is 10.3. The van der Waals surface area contributed by atoms with Crippen LogP contribution in [-0.2, 0) is 17.8 Å². The van der Waals surface area contributed by atoms with Crippen molar-refractivity contribution < 1.29 is 14.3 Å². The summed E-state index contributed by atoms with van der Waals surface area (Å²) in [5, 5.41) is 6.14. The molecule has 1 aromatic heterocycles. The van der Waals surface area contributed by atoms with Crippen molar-refractivity contribution in [1.29, 1.82) is 0 Å². The van der Waals surface area contributed by atoms with Crippen molar-refractivity contribution in [2.24, 2.45) is 0 Å². The molecular formula is C23H25N3O3. The Morgan fingerprint density at radius 1 is 0.966 bits per heavy atom. The van der Waals surface area contributed by atoms with Crippen LogP contribution in [0, 0.1) is 6.92 Å². The van der Waals surface area contributed by atoms with Gasteiger partial charge in [-0.1, -0.05) is 35.9 Å². The molecule has 6 heteroatoms. The fourth-order valence-electron chi connectivity index (χ4n) is 2.97. The number of amides is 1. The van der Waals surface area contributed by atoms with E-state index in [1.807, 2.05) is 61.5 Å². The lowest BCUT2D eigenvalue weighted by Gasteiger charge is -2.11. The van der Waals surface area contributed by atoms with E-state index in [4.69, 9.17) is 9.47 Å². The molecule has 2 aromatic carbocycles. The van der Waals surface area contributed by atoms with E-state index in [2.05, 4.69) is 15.6 Å². The van der Waals surface area contributed by atoms with Crippen LogP contribution < -0.4 is 20.1 Å². The van der Waals surface area contributed by atoms with Crippen LogP contribution in [0.2, 0.25) is 0 Å². The van der Waals surface area contributed by atoms with Crippen LogP contribution in [0.5, 0.6) is 11.5 Å². The number of pyridine rings is 1. The third-order valence-electron chi connectivity index (χ3n) is 4.42. The predicted molar refractivity (Wildman–Crippen MR) is 115 cm³/mol. The van der Waals surface area contributed by atoms with Crippen molar-refractivity contribution in [3.8, 4) is 11.5 Å². The van der Waals surface area contributed by atoms with E-state index >= 15 is 0 Å². The molecule has 29 heavy (non-hydrogen) atoms. The number of ether oxygens (including phenoxy) is 2. The van der Waals surface area contributed by atoms with E-state index in [1.165, 1.54) is 0 Å². The third kappa shape index (κ3) is 5.72. The van der Waals surface area contributed by atoms with Gasteiger partial charge >= 0.3 is 0 Å². The molecule has 3 rings (SSSR count). The lowest BCUT2D eigenvalue weighted by atomic mass is 10.1. The molecule has 1 amide bonds. The highest BCUT2D eigenvalue weighted by molar-refractivity contribution is 5.92. The molecule has 0 bridgehead atoms. The third-order valence-corrected chi connectivity index (χ3v) is 4.42.